The van der Waals surface area contributed by atoms with Crippen molar-refractivity contribution in [1.82, 2.24) is 9.55 Å². The molecule has 2 aromatic carbocycles. The van der Waals surface area contributed by atoms with Gasteiger partial charge in [-0.05, 0) is 43.2 Å². The van der Waals surface area contributed by atoms with Crippen LogP contribution in [0, 0.1) is 5.82 Å². The Balaban J connectivity index is 2.03. The van der Waals surface area contributed by atoms with Gasteiger partial charge in [-0.1, -0.05) is 17.7 Å². The summed E-state index contributed by atoms with van der Waals surface area (Å²) >= 11 is 6.30. The van der Waals surface area contributed by atoms with Crippen molar-refractivity contribution >= 4 is 28.3 Å². The van der Waals surface area contributed by atoms with Crippen molar-refractivity contribution in [3.63, 3.8) is 0 Å². The standard InChI is InChI=1S/C16H13ClFN3/c17-12-8-9(19)4-7-11(12)16-20-15-13(18)2-1-3-14(15)21(16)10-5-6-10/h1-4,7-8,10H,5-6,19H2. The lowest BCUT2D eigenvalue weighted by atomic mass is 10.2. The maximum atomic E-state index is 14.0. The number of para-hydroxylation sites is 1. The number of imidazole rings is 1. The molecule has 0 aliphatic heterocycles. The van der Waals surface area contributed by atoms with E-state index in [0.717, 1.165) is 23.9 Å². The molecular formula is C16H13ClFN3. The topological polar surface area (TPSA) is 43.8 Å². The van der Waals surface area contributed by atoms with Gasteiger partial charge >= 0.3 is 0 Å². The van der Waals surface area contributed by atoms with Crippen LogP contribution in [0.4, 0.5) is 10.1 Å². The van der Waals surface area contributed by atoms with E-state index in [0.29, 0.717) is 28.1 Å². The van der Waals surface area contributed by atoms with E-state index < -0.39 is 0 Å². The molecule has 21 heavy (non-hydrogen) atoms. The molecule has 0 radical (unpaired) electrons. The molecule has 3 nitrogen and oxygen atoms in total. The van der Waals surface area contributed by atoms with Gasteiger partial charge in [0.25, 0.3) is 0 Å². The lowest BCUT2D eigenvalue weighted by molar-refractivity contribution is 0.637. The Morgan fingerprint density at radius 1 is 1.24 bits per heavy atom. The normalized spacial score (nSPS) is 14.8. The molecule has 0 spiro atoms. The molecule has 1 fully saturated rings. The zero-order chi connectivity index (χ0) is 14.6. The monoisotopic (exact) mass is 301 g/mol. The van der Waals surface area contributed by atoms with Gasteiger partial charge in [-0.3, -0.25) is 0 Å². The van der Waals surface area contributed by atoms with Gasteiger partial charge in [0.05, 0.1) is 10.5 Å². The van der Waals surface area contributed by atoms with Gasteiger partial charge in [-0.25, -0.2) is 9.37 Å². The molecule has 5 heteroatoms. The number of rotatable bonds is 2. The molecule has 2 N–H and O–H groups in total. The number of anilines is 1. The molecule has 106 valence electrons. The summed E-state index contributed by atoms with van der Waals surface area (Å²) in [5.41, 5.74) is 8.35. The largest absolute Gasteiger partial charge is 0.399 e. The molecule has 1 aliphatic rings. The SMILES string of the molecule is Nc1ccc(-c2nc3c(F)cccc3n2C2CC2)c(Cl)c1. The molecule has 1 aliphatic carbocycles. The summed E-state index contributed by atoms with van der Waals surface area (Å²) in [4.78, 5) is 4.50. The summed E-state index contributed by atoms with van der Waals surface area (Å²) < 4.78 is 16.1. The number of nitrogens with two attached hydrogens (primary N) is 1. The van der Waals surface area contributed by atoms with Crippen LogP contribution in [0.1, 0.15) is 18.9 Å². The predicted octanol–water partition coefficient (Wildman–Crippen LogP) is 4.41. The molecule has 0 bridgehead atoms. The number of nitrogens with zero attached hydrogens (tertiary/aromatic N) is 2. The van der Waals surface area contributed by atoms with Crippen LogP contribution in [0.2, 0.25) is 5.02 Å². The highest BCUT2D eigenvalue weighted by Crippen LogP contribution is 2.42. The van der Waals surface area contributed by atoms with Gasteiger partial charge in [0.1, 0.15) is 11.3 Å². The first-order valence-corrected chi connectivity index (χ1v) is 7.25. The summed E-state index contributed by atoms with van der Waals surface area (Å²) in [6, 6.07) is 10.8. The smallest absolute Gasteiger partial charge is 0.151 e. The second-order valence-corrected chi connectivity index (χ2v) is 5.79. The molecule has 1 saturated carbocycles. The zero-order valence-electron chi connectivity index (χ0n) is 11.2. The molecule has 1 aromatic heterocycles. The van der Waals surface area contributed by atoms with Crippen molar-refractivity contribution in [3.05, 3.63) is 47.2 Å². The molecular weight excluding hydrogens is 289 g/mol. The Bertz CT molecular complexity index is 852. The van der Waals surface area contributed by atoms with E-state index in [1.54, 1.807) is 18.2 Å². The van der Waals surface area contributed by atoms with Crippen molar-refractivity contribution < 1.29 is 4.39 Å². The second kappa shape index (κ2) is 4.46. The molecule has 0 amide bonds. The third-order valence-electron chi connectivity index (χ3n) is 3.82. The number of hydrogen-bond acceptors (Lipinski definition) is 2. The fraction of sp³-hybridized carbons (Fsp3) is 0.188. The Hall–Kier alpha value is -2.07. The van der Waals surface area contributed by atoms with Crippen LogP contribution in [0.5, 0.6) is 0 Å². The molecule has 0 saturated heterocycles. The van der Waals surface area contributed by atoms with Crippen LogP contribution in [0.25, 0.3) is 22.4 Å². The van der Waals surface area contributed by atoms with Gasteiger partial charge in [-0.15, -0.1) is 0 Å². The van der Waals surface area contributed by atoms with Crippen LogP contribution in [0.3, 0.4) is 0 Å². The first kappa shape index (κ1) is 12.7. The van der Waals surface area contributed by atoms with E-state index in [2.05, 4.69) is 9.55 Å². The van der Waals surface area contributed by atoms with Crippen molar-refractivity contribution in [2.24, 2.45) is 0 Å². The maximum absolute atomic E-state index is 14.0. The Kier molecular flexibility index (Phi) is 2.69. The highest BCUT2D eigenvalue weighted by molar-refractivity contribution is 6.33. The number of fused-ring (bicyclic) bond motifs is 1. The van der Waals surface area contributed by atoms with Gasteiger partial charge in [0, 0.05) is 17.3 Å². The molecule has 0 unspecified atom stereocenters. The van der Waals surface area contributed by atoms with Gasteiger partial charge < -0.3 is 10.3 Å². The summed E-state index contributed by atoms with van der Waals surface area (Å²) in [6.45, 7) is 0. The van der Waals surface area contributed by atoms with Crippen molar-refractivity contribution in [1.29, 1.82) is 0 Å². The van der Waals surface area contributed by atoms with E-state index in [9.17, 15) is 4.39 Å². The highest BCUT2D eigenvalue weighted by Gasteiger charge is 2.29. The fourth-order valence-electron chi connectivity index (χ4n) is 2.69. The predicted molar refractivity (Wildman–Crippen MR) is 82.8 cm³/mol. The van der Waals surface area contributed by atoms with E-state index in [4.69, 9.17) is 17.3 Å². The minimum absolute atomic E-state index is 0.306. The third kappa shape index (κ3) is 1.98. The second-order valence-electron chi connectivity index (χ2n) is 5.38. The third-order valence-corrected chi connectivity index (χ3v) is 4.13. The molecule has 0 atom stereocenters. The molecule has 4 rings (SSSR count). The Morgan fingerprint density at radius 2 is 2.05 bits per heavy atom. The van der Waals surface area contributed by atoms with E-state index in [-0.39, 0.29) is 5.82 Å². The van der Waals surface area contributed by atoms with Crippen molar-refractivity contribution in [3.8, 4) is 11.4 Å². The van der Waals surface area contributed by atoms with Crippen LogP contribution in [-0.4, -0.2) is 9.55 Å². The van der Waals surface area contributed by atoms with Crippen LogP contribution in [-0.2, 0) is 0 Å². The number of benzene rings is 2. The van der Waals surface area contributed by atoms with Gasteiger partial charge in [0.15, 0.2) is 5.82 Å². The molecule has 3 aromatic rings. The summed E-state index contributed by atoms with van der Waals surface area (Å²) in [5, 5.41) is 0.535. The number of aromatic nitrogens is 2. The van der Waals surface area contributed by atoms with E-state index in [1.165, 1.54) is 6.07 Å². The number of hydrogen-bond donors (Lipinski definition) is 1. The summed E-state index contributed by atoms with van der Waals surface area (Å²) in [5.74, 6) is 0.405. The average Bonchev–Trinajstić information content (AvgIpc) is 3.20. The Labute approximate surface area is 126 Å². The van der Waals surface area contributed by atoms with Crippen molar-refractivity contribution in [2.75, 3.05) is 5.73 Å². The first-order valence-electron chi connectivity index (χ1n) is 6.87. The fourth-order valence-corrected chi connectivity index (χ4v) is 2.96. The summed E-state index contributed by atoms with van der Waals surface area (Å²) in [7, 11) is 0. The van der Waals surface area contributed by atoms with Gasteiger partial charge in [-0.2, -0.15) is 0 Å². The maximum Gasteiger partial charge on any atom is 0.151 e. The lowest BCUT2D eigenvalue weighted by Crippen LogP contribution is -1.98. The van der Waals surface area contributed by atoms with Crippen LogP contribution < -0.4 is 5.73 Å². The van der Waals surface area contributed by atoms with E-state index in [1.807, 2.05) is 12.1 Å². The lowest BCUT2D eigenvalue weighted by Gasteiger charge is -2.09. The van der Waals surface area contributed by atoms with Crippen molar-refractivity contribution in [2.45, 2.75) is 18.9 Å². The van der Waals surface area contributed by atoms with E-state index >= 15 is 0 Å². The average molecular weight is 302 g/mol. The number of nitrogen functional groups attached to an aromatic ring is 1. The first-order chi connectivity index (χ1) is 10.1. The molecule has 1 heterocycles. The van der Waals surface area contributed by atoms with Crippen LogP contribution in [0.15, 0.2) is 36.4 Å². The quantitative estimate of drug-likeness (QED) is 0.712. The number of halogens is 2. The van der Waals surface area contributed by atoms with Crippen LogP contribution >= 0.6 is 11.6 Å². The minimum Gasteiger partial charge on any atom is -0.399 e. The zero-order valence-corrected chi connectivity index (χ0v) is 11.9. The summed E-state index contributed by atoms with van der Waals surface area (Å²) in [6.07, 6.45) is 2.17. The Morgan fingerprint density at radius 3 is 2.76 bits per heavy atom. The highest BCUT2D eigenvalue weighted by atomic mass is 35.5. The minimum atomic E-state index is -0.306. The van der Waals surface area contributed by atoms with Gasteiger partial charge in [0.2, 0.25) is 0 Å².